The fourth-order valence-corrected chi connectivity index (χ4v) is 4.67. The highest BCUT2D eigenvalue weighted by atomic mass is 16.5. The molecule has 0 aliphatic heterocycles. The zero-order chi connectivity index (χ0) is 29.1. The van der Waals surface area contributed by atoms with Crippen molar-refractivity contribution < 1.29 is 14.6 Å². The largest absolute Gasteiger partial charge is 0.502 e. The number of nitrogens with zero attached hydrogens (tertiary/aromatic N) is 2. The molecule has 2 N–H and O–H groups in total. The van der Waals surface area contributed by atoms with Crippen molar-refractivity contribution in [2.75, 3.05) is 19.0 Å². The summed E-state index contributed by atoms with van der Waals surface area (Å²) in [6, 6.07) is 38.9. The van der Waals surface area contributed by atoms with Crippen LogP contribution in [0.1, 0.15) is 5.56 Å². The molecule has 0 radical (unpaired) electrons. The molecule has 42 heavy (non-hydrogen) atoms. The molecule has 6 nitrogen and oxygen atoms in total. The smallest absolute Gasteiger partial charge is 0.202 e. The molecule has 6 aromatic rings. The molecule has 208 valence electrons. The van der Waals surface area contributed by atoms with Crippen LogP contribution >= 0.6 is 0 Å². The third kappa shape index (κ3) is 5.69. The summed E-state index contributed by atoms with van der Waals surface area (Å²) in [6.45, 7) is 2.07. The van der Waals surface area contributed by atoms with Crippen molar-refractivity contribution >= 4 is 5.69 Å². The summed E-state index contributed by atoms with van der Waals surface area (Å²) in [5, 5.41) is 11.2. The molecule has 0 fully saturated rings. The standard InChI is InChI=1S/C36H31N3O3/c1-24-14-16-25(17-15-24)33-34(26-18-20-28(21-19-26)39(2)3)38-36(37-33)27-22-31(41-29-10-6-4-7-11-29)35(40)32(23-27)42-30-12-8-5-9-13-30/h4-23,40H,1-3H3,(H,37,38). The first-order chi connectivity index (χ1) is 20.4. The normalized spacial score (nSPS) is 10.8. The highest BCUT2D eigenvalue weighted by Gasteiger charge is 2.20. The van der Waals surface area contributed by atoms with Gasteiger partial charge in [0, 0.05) is 36.5 Å². The Bertz CT molecular complexity index is 1730. The van der Waals surface area contributed by atoms with Gasteiger partial charge in [0.2, 0.25) is 5.75 Å². The van der Waals surface area contributed by atoms with E-state index < -0.39 is 0 Å². The number of phenols is 1. The summed E-state index contributed by atoms with van der Waals surface area (Å²) in [4.78, 5) is 10.7. The lowest BCUT2D eigenvalue weighted by Gasteiger charge is -2.14. The SMILES string of the molecule is Cc1ccc(-c2nc(-c3cc(Oc4ccccc4)c(O)c(Oc4ccccc4)c3)[nH]c2-c2ccc(N(C)C)cc2)cc1. The molecular formula is C36H31N3O3. The fraction of sp³-hybridized carbons (Fsp3) is 0.0833. The van der Waals surface area contributed by atoms with E-state index in [0.29, 0.717) is 22.9 Å². The van der Waals surface area contributed by atoms with Crippen LogP contribution in [-0.4, -0.2) is 29.2 Å². The number of hydrogen-bond donors (Lipinski definition) is 2. The van der Waals surface area contributed by atoms with Crippen LogP contribution in [0.5, 0.6) is 28.7 Å². The van der Waals surface area contributed by atoms with Gasteiger partial charge in [-0.15, -0.1) is 0 Å². The second kappa shape index (κ2) is 11.6. The van der Waals surface area contributed by atoms with Gasteiger partial charge in [-0.05, 0) is 55.5 Å². The topological polar surface area (TPSA) is 70.6 Å². The van der Waals surface area contributed by atoms with Crippen LogP contribution in [0.3, 0.4) is 0 Å². The van der Waals surface area contributed by atoms with Crippen LogP contribution in [0.2, 0.25) is 0 Å². The summed E-state index contributed by atoms with van der Waals surface area (Å²) >= 11 is 0. The molecule has 6 rings (SSSR count). The number of aryl methyl sites for hydroxylation is 1. The number of para-hydroxylation sites is 2. The molecule has 0 saturated carbocycles. The predicted octanol–water partition coefficient (Wildman–Crippen LogP) is 9.08. The molecule has 0 unspecified atom stereocenters. The first-order valence-corrected chi connectivity index (χ1v) is 13.7. The number of imidazole rings is 1. The Labute approximate surface area is 245 Å². The van der Waals surface area contributed by atoms with Crippen molar-refractivity contribution in [1.82, 2.24) is 9.97 Å². The minimum atomic E-state index is -0.101. The van der Waals surface area contributed by atoms with Gasteiger partial charge in [-0.1, -0.05) is 78.4 Å². The third-order valence-corrected chi connectivity index (χ3v) is 6.96. The number of aromatic nitrogens is 2. The zero-order valence-corrected chi connectivity index (χ0v) is 23.7. The highest BCUT2D eigenvalue weighted by molar-refractivity contribution is 5.82. The highest BCUT2D eigenvalue weighted by Crippen LogP contribution is 2.44. The van der Waals surface area contributed by atoms with Gasteiger partial charge in [0.05, 0.1) is 11.4 Å². The van der Waals surface area contributed by atoms with E-state index in [2.05, 4.69) is 65.3 Å². The summed E-state index contributed by atoms with van der Waals surface area (Å²) in [6.07, 6.45) is 0. The van der Waals surface area contributed by atoms with E-state index in [0.717, 1.165) is 28.2 Å². The average Bonchev–Trinajstić information content (AvgIpc) is 3.46. The zero-order valence-electron chi connectivity index (χ0n) is 23.7. The molecule has 0 bridgehead atoms. The molecule has 6 heteroatoms. The minimum absolute atomic E-state index is 0.101. The van der Waals surface area contributed by atoms with Gasteiger partial charge in [0.1, 0.15) is 17.3 Å². The molecule has 1 aromatic heterocycles. The van der Waals surface area contributed by atoms with Crippen LogP contribution in [0.15, 0.2) is 121 Å². The Hall–Kier alpha value is -5.49. The van der Waals surface area contributed by atoms with E-state index >= 15 is 0 Å². The van der Waals surface area contributed by atoms with Gasteiger partial charge in [-0.3, -0.25) is 0 Å². The molecule has 5 aromatic carbocycles. The van der Waals surface area contributed by atoms with E-state index in [4.69, 9.17) is 14.5 Å². The number of rotatable bonds is 8. The number of benzene rings is 5. The number of anilines is 1. The van der Waals surface area contributed by atoms with Crippen LogP contribution < -0.4 is 14.4 Å². The molecule has 0 amide bonds. The number of aromatic amines is 1. The van der Waals surface area contributed by atoms with E-state index in [9.17, 15) is 5.11 Å². The molecule has 0 aliphatic carbocycles. The maximum atomic E-state index is 11.2. The average molecular weight is 554 g/mol. The van der Waals surface area contributed by atoms with Crippen molar-refractivity contribution in [3.63, 3.8) is 0 Å². The van der Waals surface area contributed by atoms with Gasteiger partial charge < -0.3 is 24.5 Å². The summed E-state index contributed by atoms with van der Waals surface area (Å²) in [5.41, 5.74) is 6.71. The summed E-state index contributed by atoms with van der Waals surface area (Å²) < 4.78 is 12.3. The van der Waals surface area contributed by atoms with E-state index in [1.807, 2.05) is 74.8 Å². The minimum Gasteiger partial charge on any atom is -0.502 e. The fourth-order valence-electron chi connectivity index (χ4n) is 4.67. The molecule has 1 heterocycles. The third-order valence-electron chi connectivity index (χ3n) is 6.96. The van der Waals surface area contributed by atoms with Gasteiger partial charge in [-0.25, -0.2) is 4.98 Å². The molecule has 0 aliphatic rings. The Balaban J connectivity index is 1.49. The Morgan fingerprint density at radius 1 is 0.643 bits per heavy atom. The van der Waals surface area contributed by atoms with Crippen LogP contribution in [-0.2, 0) is 0 Å². The molecular weight excluding hydrogens is 522 g/mol. The lowest BCUT2D eigenvalue weighted by atomic mass is 10.0. The van der Waals surface area contributed by atoms with E-state index in [1.165, 1.54) is 5.56 Å². The van der Waals surface area contributed by atoms with Crippen LogP contribution in [0, 0.1) is 6.92 Å². The Morgan fingerprint density at radius 3 is 1.69 bits per heavy atom. The van der Waals surface area contributed by atoms with Crippen molar-refractivity contribution in [3.8, 4) is 62.7 Å². The lowest BCUT2D eigenvalue weighted by Crippen LogP contribution is -2.07. The second-order valence-corrected chi connectivity index (χ2v) is 10.3. The van der Waals surface area contributed by atoms with Crippen LogP contribution in [0.25, 0.3) is 33.9 Å². The molecule has 0 atom stereocenters. The van der Waals surface area contributed by atoms with Crippen molar-refractivity contribution in [2.24, 2.45) is 0 Å². The number of ether oxygens (including phenoxy) is 2. The number of aromatic hydroxyl groups is 1. The number of hydrogen-bond acceptors (Lipinski definition) is 5. The van der Waals surface area contributed by atoms with Gasteiger partial charge in [0.15, 0.2) is 11.5 Å². The van der Waals surface area contributed by atoms with Gasteiger partial charge in [-0.2, -0.15) is 0 Å². The summed E-state index contributed by atoms with van der Waals surface area (Å²) in [5.74, 6) is 2.23. The Kier molecular flexibility index (Phi) is 7.35. The lowest BCUT2D eigenvalue weighted by molar-refractivity contribution is 0.378. The van der Waals surface area contributed by atoms with Crippen LogP contribution in [0.4, 0.5) is 5.69 Å². The van der Waals surface area contributed by atoms with Crippen molar-refractivity contribution in [1.29, 1.82) is 0 Å². The van der Waals surface area contributed by atoms with E-state index in [-0.39, 0.29) is 17.2 Å². The van der Waals surface area contributed by atoms with Gasteiger partial charge >= 0.3 is 0 Å². The first-order valence-electron chi connectivity index (χ1n) is 13.7. The summed E-state index contributed by atoms with van der Waals surface area (Å²) in [7, 11) is 4.05. The van der Waals surface area contributed by atoms with E-state index in [1.54, 1.807) is 12.1 Å². The maximum absolute atomic E-state index is 11.2. The van der Waals surface area contributed by atoms with Crippen molar-refractivity contribution in [3.05, 3.63) is 127 Å². The molecule has 0 saturated heterocycles. The predicted molar refractivity (Wildman–Crippen MR) is 169 cm³/mol. The Morgan fingerprint density at radius 2 is 1.17 bits per heavy atom. The quantitative estimate of drug-likeness (QED) is 0.197. The number of H-pyrrole nitrogens is 1. The number of phenolic OH excluding ortho intramolecular Hbond substituents is 1. The van der Waals surface area contributed by atoms with Crippen molar-refractivity contribution in [2.45, 2.75) is 6.92 Å². The first kappa shape index (κ1) is 26.7. The van der Waals surface area contributed by atoms with Gasteiger partial charge in [0.25, 0.3) is 0 Å². The molecule has 0 spiro atoms. The maximum Gasteiger partial charge on any atom is 0.202 e. The monoisotopic (exact) mass is 553 g/mol. The number of nitrogens with one attached hydrogen (secondary N) is 1. The second-order valence-electron chi connectivity index (χ2n) is 10.3.